The largest absolute Gasteiger partial charge is 0.497 e. The van der Waals surface area contributed by atoms with Crippen LogP contribution >= 0.6 is 22.6 Å². The van der Waals surface area contributed by atoms with Crippen LogP contribution in [0.4, 0.5) is 0 Å². The van der Waals surface area contributed by atoms with E-state index in [4.69, 9.17) is 9.47 Å². The summed E-state index contributed by atoms with van der Waals surface area (Å²) in [6, 6.07) is 14.8. The van der Waals surface area contributed by atoms with E-state index in [1.165, 1.54) is 9.13 Å². The molecule has 112 valence electrons. The van der Waals surface area contributed by atoms with Gasteiger partial charge in [0.25, 0.3) is 0 Å². The lowest BCUT2D eigenvalue weighted by Crippen LogP contribution is -2.19. The molecule has 3 nitrogen and oxygen atoms in total. The molecule has 2 rings (SSSR count). The van der Waals surface area contributed by atoms with E-state index in [0.717, 1.165) is 23.5 Å². The third-order valence-corrected chi connectivity index (χ3v) is 4.20. The van der Waals surface area contributed by atoms with Gasteiger partial charge in [0, 0.05) is 15.7 Å². The zero-order valence-electron chi connectivity index (χ0n) is 12.5. The summed E-state index contributed by atoms with van der Waals surface area (Å²) in [5, 5.41) is 3.37. The van der Waals surface area contributed by atoms with Gasteiger partial charge in [-0.15, -0.1) is 0 Å². The van der Waals surface area contributed by atoms with Crippen LogP contribution in [0.3, 0.4) is 0 Å². The van der Waals surface area contributed by atoms with Gasteiger partial charge in [0.15, 0.2) is 0 Å². The Kier molecular flexibility index (Phi) is 5.87. The van der Waals surface area contributed by atoms with Crippen LogP contribution in [-0.4, -0.2) is 21.3 Å². The lowest BCUT2D eigenvalue weighted by atomic mass is 9.98. The first-order chi connectivity index (χ1) is 10.2. The van der Waals surface area contributed by atoms with Crippen molar-refractivity contribution in [2.75, 3.05) is 21.3 Å². The fourth-order valence-corrected chi connectivity index (χ4v) is 2.63. The summed E-state index contributed by atoms with van der Waals surface area (Å²) in [5.74, 6) is 1.62. The molecule has 0 saturated carbocycles. The molecule has 0 aliphatic heterocycles. The second kappa shape index (κ2) is 7.66. The van der Waals surface area contributed by atoms with Crippen LogP contribution in [0.25, 0.3) is 0 Å². The maximum Gasteiger partial charge on any atom is 0.122 e. The molecule has 0 radical (unpaired) electrons. The van der Waals surface area contributed by atoms with Crippen LogP contribution in [0.2, 0.25) is 0 Å². The zero-order valence-corrected chi connectivity index (χ0v) is 14.7. The molecule has 0 aliphatic carbocycles. The van der Waals surface area contributed by atoms with Gasteiger partial charge in [0.05, 0.1) is 14.2 Å². The van der Waals surface area contributed by atoms with E-state index in [-0.39, 0.29) is 6.04 Å². The van der Waals surface area contributed by atoms with Gasteiger partial charge < -0.3 is 14.8 Å². The van der Waals surface area contributed by atoms with Crippen molar-refractivity contribution < 1.29 is 9.47 Å². The average molecular weight is 397 g/mol. The molecule has 0 aliphatic rings. The second-order valence-corrected chi connectivity index (χ2v) is 6.06. The van der Waals surface area contributed by atoms with Crippen LogP contribution in [0.15, 0.2) is 42.5 Å². The van der Waals surface area contributed by atoms with Crippen molar-refractivity contribution in [2.45, 2.75) is 12.5 Å². The number of benzene rings is 2. The molecule has 0 bridgehead atoms. The van der Waals surface area contributed by atoms with Crippen molar-refractivity contribution in [1.29, 1.82) is 0 Å². The Morgan fingerprint density at radius 2 is 1.57 bits per heavy atom. The third-order valence-electron chi connectivity index (χ3n) is 3.48. The summed E-state index contributed by atoms with van der Waals surface area (Å²) < 4.78 is 11.9. The number of nitrogens with one attached hydrogen (secondary N) is 1. The molecule has 2 aromatic rings. The van der Waals surface area contributed by atoms with Gasteiger partial charge in [-0.1, -0.05) is 12.1 Å². The SMILES string of the molecule is CNC(Cc1ccc(I)cc1)c1cc(OC)cc(OC)c1. The molecule has 1 unspecified atom stereocenters. The Labute approximate surface area is 139 Å². The Morgan fingerprint density at radius 1 is 1.00 bits per heavy atom. The fraction of sp³-hybridized carbons (Fsp3) is 0.294. The van der Waals surface area contributed by atoms with Crippen LogP contribution in [0.1, 0.15) is 17.2 Å². The molecule has 0 heterocycles. The number of hydrogen-bond acceptors (Lipinski definition) is 3. The maximum atomic E-state index is 5.35. The minimum absolute atomic E-state index is 0.217. The summed E-state index contributed by atoms with van der Waals surface area (Å²) in [7, 11) is 5.32. The van der Waals surface area contributed by atoms with Gasteiger partial charge in [-0.2, -0.15) is 0 Å². The Morgan fingerprint density at radius 3 is 2.05 bits per heavy atom. The van der Waals surface area contributed by atoms with Gasteiger partial charge in [0.1, 0.15) is 11.5 Å². The van der Waals surface area contributed by atoms with Crippen molar-refractivity contribution in [1.82, 2.24) is 5.32 Å². The molecule has 1 atom stereocenters. The van der Waals surface area contributed by atoms with Gasteiger partial charge in [-0.25, -0.2) is 0 Å². The molecule has 21 heavy (non-hydrogen) atoms. The molecular weight excluding hydrogens is 377 g/mol. The molecule has 0 fully saturated rings. The Balaban J connectivity index is 2.25. The van der Waals surface area contributed by atoms with E-state index in [2.05, 4.69) is 64.3 Å². The van der Waals surface area contributed by atoms with Gasteiger partial charge in [-0.3, -0.25) is 0 Å². The average Bonchev–Trinajstić information content (AvgIpc) is 2.53. The van der Waals surface area contributed by atoms with Crippen molar-refractivity contribution in [3.8, 4) is 11.5 Å². The number of likely N-dealkylation sites (N-methyl/N-ethyl adjacent to an activating group) is 1. The maximum absolute atomic E-state index is 5.35. The van der Waals surface area contributed by atoms with Crippen molar-refractivity contribution in [3.63, 3.8) is 0 Å². The van der Waals surface area contributed by atoms with Crippen LogP contribution in [0.5, 0.6) is 11.5 Å². The number of rotatable bonds is 6. The van der Waals surface area contributed by atoms with E-state index >= 15 is 0 Å². The summed E-state index contributed by atoms with van der Waals surface area (Å²) in [4.78, 5) is 0. The normalized spacial score (nSPS) is 12.0. The molecule has 0 spiro atoms. The fourth-order valence-electron chi connectivity index (χ4n) is 2.27. The number of ether oxygens (including phenoxy) is 2. The van der Waals surface area contributed by atoms with E-state index in [0.29, 0.717) is 0 Å². The predicted molar refractivity (Wildman–Crippen MR) is 94.2 cm³/mol. The number of halogens is 1. The van der Waals surface area contributed by atoms with Gasteiger partial charge in [0.2, 0.25) is 0 Å². The van der Waals surface area contributed by atoms with E-state index < -0.39 is 0 Å². The summed E-state index contributed by atoms with van der Waals surface area (Å²) in [6.45, 7) is 0. The summed E-state index contributed by atoms with van der Waals surface area (Å²) in [5.41, 5.74) is 2.46. The van der Waals surface area contributed by atoms with E-state index in [1.807, 2.05) is 13.1 Å². The zero-order chi connectivity index (χ0) is 15.2. The molecule has 2 aromatic carbocycles. The lowest BCUT2D eigenvalue weighted by Gasteiger charge is -2.18. The standard InChI is InChI=1S/C17H20INO2/c1-19-17(8-12-4-6-14(18)7-5-12)13-9-15(20-2)11-16(10-13)21-3/h4-7,9-11,17,19H,8H2,1-3H3. The van der Waals surface area contributed by atoms with Crippen LogP contribution < -0.4 is 14.8 Å². The quantitative estimate of drug-likeness (QED) is 0.753. The minimum Gasteiger partial charge on any atom is -0.497 e. The van der Waals surface area contributed by atoms with E-state index in [9.17, 15) is 0 Å². The van der Waals surface area contributed by atoms with Crippen LogP contribution in [-0.2, 0) is 6.42 Å². The highest BCUT2D eigenvalue weighted by molar-refractivity contribution is 14.1. The first kappa shape index (κ1) is 16.1. The highest BCUT2D eigenvalue weighted by Crippen LogP contribution is 2.28. The van der Waals surface area contributed by atoms with Crippen molar-refractivity contribution in [3.05, 3.63) is 57.2 Å². The summed E-state index contributed by atoms with van der Waals surface area (Å²) in [6.07, 6.45) is 0.920. The summed E-state index contributed by atoms with van der Waals surface area (Å²) >= 11 is 2.32. The topological polar surface area (TPSA) is 30.5 Å². The monoisotopic (exact) mass is 397 g/mol. The predicted octanol–water partition coefficient (Wildman–Crippen LogP) is 3.81. The molecule has 0 saturated heterocycles. The highest BCUT2D eigenvalue weighted by atomic mass is 127. The Hall–Kier alpha value is -1.27. The molecule has 1 N–H and O–H groups in total. The third kappa shape index (κ3) is 4.35. The number of hydrogen-bond donors (Lipinski definition) is 1. The smallest absolute Gasteiger partial charge is 0.122 e. The molecule has 0 amide bonds. The van der Waals surface area contributed by atoms with Gasteiger partial charge in [-0.05, 0) is 71.5 Å². The highest BCUT2D eigenvalue weighted by Gasteiger charge is 2.13. The first-order valence-corrected chi connectivity index (χ1v) is 7.89. The minimum atomic E-state index is 0.217. The molecule has 0 aromatic heterocycles. The second-order valence-electron chi connectivity index (χ2n) is 4.82. The van der Waals surface area contributed by atoms with Crippen molar-refractivity contribution in [2.24, 2.45) is 0 Å². The van der Waals surface area contributed by atoms with Crippen molar-refractivity contribution >= 4 is 22.6 Å². The van der Waals surface area contributed by atoms with Crippen LogP contribution in [0, 0.1) is 3.57 Å². The molecule has 4 heteroatoms. The Bertz CT molecular complexity index is 562. The van der Waals surface area contributed by atoms with Gasteiger partial charge >= 0.3 is 0 Å². The molecular formula is C17H20INO2. The van der Waals surface area contributed by atoms with E-state index in [1.54, 1.807) is 14.2 Å². The first-order valence-electron chi connectivity index (χ1n) is 6.81. The number of methoxy groups -OCH3 is 2. The lowest BCUT2D eigenvalue weighted by molar-refractivity contribution is 0.392.